The summed E-state index contributed by atoms with van der Waals surface area (Å²) in [6, 6.07) is 1.75. The van der Waals surface area contributed by atoms with Gasteiger partial charge in [0.15, 0.2) is 0 Å². The summed E-state index contributed by atoms with van der Waals surface area (Å²) in [5, 5.41) is 3.73. The van der Waals surface area contributed by atoms with Crippen molar-refractivity contribution >= 4 is 0 Å². The van der Waals surface area contributed by atoms with Gasteiger partial charge in [-0.2, -0.15) is 0 Å². The summed E-state index contributed by atoms with van der Waals surface area (Å²) in [7, 11) is 0. The second kappa shape index (κ2) is 3.25. The molecule has 3 fully saturated rings. The van der Waals surface area contributed by atoms with Gasteiger partial charge in [0.2, 0.25) is 0 Å². The van der Waals surface area contributed by atoms with Gasteiger partial charge in [0, 0.05) is 12.1 Å². The predicted molar refractivity (Wildman–Crippen MR) is 53.7 cm³/mol. The van der Waals surface area contributed by atoms with E-state index in [9.17, 15) is 0 Å². The third-order valence-electron chi connectivity index (χ3n) is 4.25. The van der Waals surface area contributed by atoms with Gasteiger partial charge in [0.1, 0.15) is 0 Å². The highest BCUT2D eigenvalue weighted by molar-refractivity contribution is 4.98. The van der Waals surface area contributed by atoms with Crippen molar-refractivity contribution in [2.24, 2.45) is 5.92 Å². The van der Waals surface area contributed by atoms with Gasteiger partial charge < -0.3 is 5.32 Å². The van der Waals surface area contributed by atoms with Crippen LogP contribution in [-0.4, -0.2) is 36.6 Å². The van der Waals surface area contributed by atoms with Crippen molar-refractivity contribution in [3.63, 3.8) is 0 Å². The quantitative estimate of drug-likeness (QED) is 0.603. The highest BCUT2D eigenvalue weighted by Gasteiger charge is 2.40. The maximum absolute atomic E-state index is 3.73. The largest absolute Gasteiger partial charge is 0.312 e. The van der Waals surface area contributed by atoms with E-state index in [1.165, 1.54) is 51.7 Å². The van der Waals surface area contributed by atoms with Crippen LogP contribution in [0.3, 0.4) is 0 Å². The Hall–Kier alpha value is -0.0800. The summed E-state index contributed by atoms with van der Waals surface area (Å²) < 4.78 is 0. The molecule has 1 N–H and O–H groups in total. The van der Waals surface area contributed by atoms with Crippen molar-refractivity contribution < 1.29 is 0 Å². The van der Waals surface area contributed by atoms with Crippen LogP contribution in [0.4, 0.5) is 0 Å². The third kappa shape index (κ3) is 1.31. The maximum Gasteiger partial charge on any atom is 0.0252 e. The van der Waals surface area contributed by atoms with Crippen LogP contribution in [0.5, 0.6) is 0 Å². The van der Waals surface area contributed by atoms with Gasteiger partial charge in [0.25, 0.3) is 0 Å². The lowest BCUT2D eigenvalue weighted by Crippen LogP contribution is -2.45. The molecule has 3 rings (SSSR count). The number of hydrogen-bond donors (Lipinski definition) is 1. The number of nitrogens with zero attached hydrogens (tertiary/aromatic N) is 1. The van der Waals surface area contributed by atoms with Gasteiger partial charge in [-0.3, -0.25) is 4.90 Å². The van der Waals surface area contributed by atoms with E-state index in [-0.39, 0.29) is 0 Å². The van der Waals surface area contributed by atoms with Crippen molar-refractivity contribution in [3.8, 4) is 0 Å². The SMILES string of the molecule is C1CC2CCNC2C2CCCN2C1. The molecule has 3 heterocycles. The molecule has 13 heavy (non-hydrogen) atoms. The van der Waals surface area contributed by atoms with Gasteiger partial charge in [-0.15, -0.1) is 0 Å². The first kappa shape index (κ1) is 8.25. The molecule has 3 aliphatic rings. The zero-order valence-electron chi connectivity index (χ0n) is 8.34. The van der Waals surface area contributed by atoms with Crippen molar-refractivity contribution in [2.45, 2.75) is 44.2 Å². The predicted octanol–water partition coefficient (Wildman–Crippen LogP) is 1.22. The first-order valence-electron chi connectivity index (χ1n) is 5.92. The number of hydrogen-bond acceptors (Lipinski definition) is 2. The van der Waals surface area contributed by atoms with E-state index in [1.807, 2.05) is 0 Å². The molecule has 74 valence electrons. The van der Waals surface area contributed by atoms with Crippen LogP contribution in [0.15, 0.2) is 0 Å². The van der Waals surface area contributed by atoms with Crippen molar-refractivity contribution in [1.29, 1.82) is 0 Å². The topological polar surface area (TPSA) is 15.3 Å². The van der Waals surface area contributed by atoms with Crippen molar-refractivity contribution in [3.05, 3.63) is 0 Å². The molecule has 2 nitrogen and oxygen atoms in total. The molecule has 0 aromatic carbocycles. The van der Waals surface area contributed by atoms with Gasteiger partial charge in [-0.1, -0.05) is 0 Å². The van der Waals surface area contributed by atoms with Gasteiger partial charge in [-0.25, -0.2) is 0 Å². The smallest absolute Gasteiger partial charge is 0.0252 e. The standard InChI is InChI=1S/C11H20N2/c1-3-9-5-6-12-11(9)10-4-2-8-13(10)7-1/h9-12H,1-8H2. The second-order valence-corrected chi connectivity index (χ2v) is 4.92. The highest BCUT2D eigenvalue weighted by Crippen LogP contribution is 2.33. The van der Waals surface area contributed by atoms with Gasteiger partial charge >= 0.3 is 0 Å². The summed E-state index contributed by atoms with van der Waals surface area (Å²) in [6.45, 7) is 4.02. The molecular formula is C11H20N2. The minimum Gasteiger partial charge on any atom is -0.312 e. The number of fused-ring (bicyclic) bond motifs is 3. The van der Waals surface area contributed by atoms with E-state index >= 15 is 0 Å². The Balaban J connectivity index is 1.81. The van der Waals surface area contributed by atoms with Crippen LogP contribution in [0.2, 0.25) is 0 Å². The lowest BCUT2D eigenvalue weighted by atomic mass is 9.91. The van der Waals surface area contributed by atoms with Crippen LogP contribution >= 0.6 is 0 Å². The number of nitrogens with one attached hydrogen (secondary N) is 1. The summed E-state index contributed by atoms with van der Waals surface area (Å²) in [5.41, 5.74) is 0. The minimum atomic E-state index is 0.852. The summed E-state index contributed by atoms with van der Waals surface area (Å²) in [4.78, 5) is 2.74. The first-order chi connectivity index (χ1) is 6.45. The van der Waals surface area contributed by atoms with Crippen molar-refractivity contribution in [1.82, 2.24) is 10.2 Å². The molecule has 0 bridgehead atoms. The zero-order chi connectivity index (χ0) is 8.67. The molecule has 0 radical (unpaired) electrons. The normalized spacial score (nSPS) is 45.7. The summed E-state index contributed by atoms with van der Waals surface area (Å²) in [5.74, 6) is 1.01. The Bertz CT molecular complexity index is 173. The Kier molecular flexibility index (Phi) is 2.06. The molecule has 3 unspecified atom stereocenters. The molecule has 0 aliphatic carbocycles. The fourth-order valence-electron chi connectivity index (χ4n) is 3.65. The molecule has 0 amide bonds. The molecule has 0 aromatic heterocycles. The van der Waals surface area contributed by atoms with Gasteiger partial charge in [0.05, 0.1) is 0 Å². The van der Waals surface area contributed by atoms with Crippen LogP contribution in [0, 0.1) is 5.92 Å². The van der Waals surface area contributed by atoms with Crippen LogP contribution in [0.25, 0.3) is 0 Å². The van der Waals surface area contributed by atoms with E-state index in [0.29, 0.717) is 0 Å². The molecular weight excluding hydrogens is 160 g/mol. The fourth-order valence-corrected chi connectivity index (χ4v) is 3.65. The summed E-state index contributed by atoms with van der Waals surface area (Å²) in [6.07, 6.45) is 7.25. The molecule has 3 saturated heterocycles. The van der Waals surface area contributed by atoms with Crippen LogP contribution < -0.4 is 5.32 Å². The summed E-state index contributed by atoms with van der Waals surface area (Å²) >= 11 is 0. The van der Waals surface area contributed by atoms with E-state index in [4.69, 9.17) is 0 Å². The highest BCUT2D eigenvalue weighted by atomic mass is 15.2. The molecule has 2 heteroatoms. The lowest BCUT2D eigenvalue weighted by Gasteiger charge is -2.28. The van der Waals surface area contributed by atoms with Crippen molar-refractivity contribution in [2.75, 3.05) is 19.6 Å². The third-order valence-corrected chi connectivity index (χ3v) is 4.25. The Morgan fingerprint density at radius 1 is 1.00 bits per heavy atom. The zero-order valence-corrected chi connectivity index (χ0v) is 8.34. The first-order valence-corrected chi connectivity index (χ1v) is 5.92. The van der Waals surface area contributed by atoms with Crippen LogP contribution in [-0.2, 0) is 0 Å². The van der Waals surface area contributed by atoms with Crippen LogP contribution in [0.1, 0.15) is 32.1 Å². The Morgan fingerprint density at radius 2 is 1.85 bits per heavy atom. The van der Waals surface area contributed by atoms with E-state index in [1.54, 1.807) is 0 Å². The Morgan fingerprint density at radius 3 is 2.77 bits per heavy atom. The van der Waals surface area contributed by atoms with E-state index < -0.39 is 0 Å². The monoisotopic (exact) mass is 180 g/mol. The molecule has 0 saturated carbocycles. The van der Waals surface area contributed by atoms with E-state index in [2.05, 4.69) is 10.2 Å². The fraction of sp³-hybridized carbons (Fsp3) is 1.00. The minimum absolute atomic E-state index is 0.852. The maximum atomic E-state index is 3.73. The average molecular weight is 180 g/mol. The average Bonchev–Trinajstić information content (AvgIpc) is 2.72. The van der Waals surface area contributed by atoms with E-state index in [0.717, 1.165) is 18.0 Å². The Labute approximate surface area is 80.7 Å². The molecule has 0 aromatic rings. The lowest BCUT2D eigenvalue weighted by molar-refractivity contribution is 0.221. The molecule has 0 spiro atoms. The van der Waals surface area contributed by atoms with Gasteiger partial charge in [-0.05, 0) is 57.7 Å². The molecule has 3 atom stereocenters. The number of rotatable bonds is 0. The second-order valence-electron chi connectivity index (χ2n) is 4.92. The molecule has 3 aliphatic heterocycles.